The van der Waals surface area contributed by atoms with E-state index < -0.39 is 11.1 Å². The molecule has 1 aliphatic heterocycles. The van der Waals surface area contributed by atoms with Gasteiger partial charge in [-0.1, -0.05) is 17.4 Å². The third-order valence-corrected chi connectivity index (χ3v) is 4.65. The zero-order chi connectivity index (χ0) is 15.7. The molecular weight excluding hydrogens is 313 g/mol. The summed E-state index contributed by atoms with van der Waals surface area (Å²) in [5.74, 6) is 0.790. The Hall–Kier alpha value is -1.76. The summed E-state index contributed by atoms with van der Waals surface area (Å²) in [6.45, 7) is 3.73. The number of anilines is 1. The highest BCUT2D eigenvalue weighted by Crippen LogP contribution is 2.37. The first-order valence-electron chi connectivity index (χ1n) is 7.00. The minimum absolute atomic E-state index is 0.416. The van der Waals surface area contributed by atoms with Crippen molar-refractivity contribution in [2.24, 2.45) is 0 Å². The van der Waals surface area contributed by atoms with Crippen molar-refractivity contribution >= 4 is 16.5 Å². The van der Waals surface area contributed by atoms with E-state index in [2.05, 4.69) is 4.98 Å². The van der Waals surface area contributed by atoms with Gasteiger partial charge in [0.25, 0.3) is 0 Å². The number of ether oxygens (including phenoxy) is 1. The third-order valence-electron chi connectivity index (χ3n) is 3.54. The first-order chi connectivity index (χ1) is 10.5. The first kappa shape index (κ1) is 15.1. The Bertz CT molecular complexity index is 669. The van der Waals surface area contributed by atoms with E-state index in [1.54, 1.807) is 0 Å². The molecule has 3 nitrogen and oxygen atoms in total. The lowest BCUT2D eigenvalue weighted by atomic mass is 10.00. The van der Waals surface area contributed by atoms with Gasteiger partial charge in [-0.05, 0) is 36.6 Å². The molecule has 1 aliphatic rings. The topological polar surface area (TPSA) is 25.4 Å². The molecule has 0 fully saturated rings. The summed E-state index contributed by atoms with van der Waals surface area (Å²) in [6, 6.07) is 5.92. The Morgan fingerprint density at radius 2 is 2.14 bits per heavy atom. The number of halogens is 3. The molecule has 0 atom stereocenters. The van der Waals surface area contributed by atoms with E-state index in [0.29, 0.717) is 36.2 Å². The number of hydrogen-bond donors (Lipinski definition) is 0. The lowest BCUT2D eigenvalue weighted by molar-refractivity contribution is -0.134. The predicted octanol–water partition coefficient (Wildman–Crippen LogP) is 4.12. The van der Waals surface area contributed by atoms with Gasteiger partial charge in [0.1, 0.15) is 10.6 Å². The van der Waals surface area contributed by atoms with Crippen molar-refractivity contribution in [3.8, 4) is 5.75 Å². The molecule has 0 saturated heterocycles. The van der Waals surface area contributed by atoms with Crippen molar-refractivity contribution in [2.75, 3.05) is 18.1 Å². The molecular formula is C15H15F3N2OS. The second-order valence-corrected chi connectivity index (χ2v) is 6.05. The Morgan fingerprint density at radius 3 is 2.82 bits per heavy atom. The second-order valence-electron chi connectivity index (χ2n) is 5.04. The van der Waals surface area contributed by atoms with E-state index in [0.717, 1.165) is 23.9 Å². The molecule has 0 bridgehead atoms. The maximum absolute atomic E-state index is 12.7. The average Bonchev–Trinajstić information content (AvgIpc) is 2.97. The summed E-state index contributed by atoms with van der Waals surface area (Å²) in [5, 5.41) is 0.416. The lowest BCUT2D eigenvalue weighted by Gasteiger charge is -2.28. The quantitative estimate of drug-likeness (QED) is 0.847. The van der Waals surface area contributed by atoms with Gasteiger partial charge in [0, 0.05) is 13.1 Å². The number of hydrogen-bond acceptors (Lipinski definition) is 4. The zero-order valence-electron chi connectivity index (χ0n) is 12.0. The molecule has 0 aliphatic carbocycles. The molecule has 118 valence electrons. The van der Waals surface area contributed by atoms with E-state index in [-0.39, 0.29) is 0 Å². The van der Waals surface area contributed by atoms with Gasteiger partial charge in [0.05, 0.1) is 12.8 Å². The van der Waals surface area contributed by atoms with Gasteiger partial charge in [-0.3, -0.25) is 0 Å². The van der Waals surface area contributed by atoms with Crippen LogP contribution in [0.15, 0.2) is 24.4 Å². The van der Waals surface area contributed by atoms with Gasteiger partial charge in [-0.15, -0.1) is 0 Å². The zero-order valence-corrected chi connectivity index (χ0v) is 12.8. The SMILES string of the molecule is CCOc1ccc2c(c1)CN(c1ncc(C(F)(F)F)s1)CC2. The molecule has 0 N–H and O–H groups in total. The molecule has 1 aromatic heterocycles. The van der Waals surface area contributed by atoms with Gasteiger partial charge >= 0.3 is 6.18 Å². The molecule has 2 aromatic rings. The Balaban J connectivity index is 1.81. The highest BCUT2D eigenvalue weighted by Gasteiger charge is 2.34. The van der Waals surface area contributed by atoms with Gasteiger partial charge in [0.15, 0.2) is 5.13 Å². The maximum Gasteiger partial charge on any atom is 0.427 e. The normalized spacial score (nSPS) is 14.8. The average molecular weight is 328 g/mol. The highest BCUT2D eigenvalue weighted by atomic mass is 32.1. The van der Waals surface area contributed by atoms with Crippen LogP contribution >= 0.6 is 11.3 Å². The van der Waals surface area contributed by atoms with Crippen molar-refractivity contribution < 1.29 is 17.9 Å². The molecule has 0 amide bonds. The summed E-state index contributed by atoms with van der Waals surface area (Å²) >= 11 is 0.694. The van der Waals surface area contributed by atoms with Gasteiger partial charge < -0.3 is 9.64 Å². The largest absolute Gasteiger partial charge is 0.494 e. The number of fused-ring (bicyclic) bond motifs is 1. The van der Waals surface area contributed by atoms with Gasteiger partial charge in [0.2, 0.25) is 0 Å². The van der Waals surface area contributed by atoms with Gasteiger partial charge in [-0.25, -0.2) is 4.98 Å². The maximum atomic E-state index is 12.7. The molecule has 0 unspecified atom stereocenters. The van der Waals surface area contributed by atoms with Crippen LogP contribution in [0.2, 0.25) is 0 Å². The van der Waals surface area contributed by atoms with Crippen LogP contribution < -0.4 is 9.64 Å². The Kier molecular flexibility index (Phi) is 3.99. The van der Waals surface area contributed by atoms with Gasteiger partial charge in [-0.2, -0.15) is 13.2 Å². The van der Waals surface area contributed by atoms with Crippen molar-refractivity contribution in [3.05, 3.63) is 40.4 Å². The fourth-order valence-electron chi connectivity index (χ4n) is 2.50. The molecule has 0 radical (unpaired) electrons. The van der Waals surface area contributed by atoms with Crippen LogP contribution in [0.3, 0.4) is 0 Å². The van der Waals surface area contributed by atoms with Crippen molar-refractivity contribution in [2.45, 2.75) is 26.1 Å². The monoisotopic (exact) mass is 328 g/mol. The number of thiazole rings is 1. The van der Waals surface area contributed by atoms with Crippen LogP contribution in [0.5, 0.6) is 5.75 Å². The minimum atomic E-state index is -4.33. The van der Waals surface area contributed by atoms with Crippen LogP contribution in [0.4, 0.5) is 18.3 Å². The molecule has 22 heavy (non-hydrogen) atoms. The van der Waals surface area contributed by atoms with E-state index >= 15 is 0 Å². The van der Waals surface area contributed by atoms with E-state index in [4.69, 9.17) is 4.74 Å². The molecule has 3 rings (SSSR count). The Morgan fingerprint density at radius 1 is 1.32 bits per heavy atom. The fraction of sp³-hybridized carbons (Fsp3) is 0.400. The molecule has 1 aromatic carbocycles. The van der Waals surface area contributed by atoms with E-state index in [1.165, 1.54) is 5.56 Å². The highest BCUT2D eigenvalue weighted by molar-refractivity contribution is 7.15. The van der Waals surface area contributed by atoms with Crippen molar-refractivity contribution in [3.63, 3.8) is 0 Å². The van der Waals surface area contributed by atoms with E-state index in [1.807, 2.05) is 30.0 Å². The summed E-state index contributed by atoms with van der Waals surface area (Å²) < 4.78 is 43.5. The number of rotatable bonds is 3. The summed E-state index contributed by atoms with van der Waals surface area (Å²) in [6.07, 6.45) is -2.62. The second kappa shape index (κ2) is 5.79. The minimum Gasteiger partial charge on any atom is -0.494 e. The number of aromatic nitrogens is 1. The standard InChI is InChI=1S/C15H15F3N2OS/c1-2-21-12-4-3-10-5-6-20(9-11(10)7-12)14-19-8-13(22-14)15(16,17)18/h3-4,7-8H,2,5-6,9H2,1H3. The lowest BCUT2D eigenvalue weighted by Crippen LogP contribution is -2.30. The van der Waals surface area contributed by atoms with Crippen LogP contribution in [0, 0.1) is 0 Å². The van der Waals surface area contributed by atoms with Crippen LogP contribution in [-0.4, -0.2) is 18.1 Å². The molecule has 2 heterocycles. The first-order valence-corrected chi connectivity index (χ1v) is 7.81. The van der Waals surface area contributed by atoms with Crippen molar-refractivity contribution in [1.82, 2.24) is 4.98 Å². The summed E-state index contributed by atoms with van der Waals surface area (Å²) in [7, 11) is 0. The molecule has 7 heteroatoms. The smallest absolute Gasteiger partial charge is 0.427 e. The Labute approximate surface area is 130 Å². The summed E-state index contributed by atoms with van der Waals surface area (Å²) in [5.41, 5.74) is 2.30. The van der Waals surface area contributed by atoms with Crippen molar-refractivity contribution in [1.29, 1.82) is 0 Å². The van der Waals surface area contributed by atoms with Crippen LogP contribution in [0.1, 0.15) is 22.9 Å². The van der Waals surface area contributed by atoms with E-state index in [9.17, 15) is 13.2 Å². The fourth-order valence-corrected chi connectivity index (χ4v) is 3.30. The number of nitrogens with zero attached hydrogens (tertiary/aromatic N) is 2. The molecule has 0 saturated carbocycles. The number of benzene rings is 1. The van der Waals surface area contributed by atoms with Crippen LogP contribution in [-0.2, 0) is 19.1 Å². The third kappa shape index (κ3) is 3.04. The summed E-state index contributed by atoms with van der Waals surface area (Å²) in [4.78, 5) is 5.16. The molecule has 0 spiro atoms. The predicted molar refractivity (Wildman–Crippen MR) is 79.5 cm³/mol. The van der Waals surface area contributed by atoms with Crippen LogP contribution in [0.25, 0.3) is 0 Å². The number of alkyl halides is 3.